The number of aromatic nitrogens is 2. The molecule has 3 aromatic rings. The summed E-state index contributed by atoms with van der Waals surface area (Å²) in [6, 6.07) is 15.9. The minimum Gasteiger partial charge on any atom is -0.351 e. The number of pyridine rings is 1. The molecule has 0 saturated carbocycles. The first-order valence-electron chi connectivity index (χ1n) is 10.5. The Hall–Kier alpha value is -3.19. The van der Waals surface area contributed by atoms with E-state index in [1.807, 2.05) is 48.7 Å². The zero-order valence-electron chi connectivity index (χ0n) is 18.2. The Kier molecular flexibility index (Phi) is 5.78. The highest BCUT2D eigenvalue weighted by Crippen LogP contribution is 2.43. The Bertz CT molecular complexity index is 1110. The molecule has 0 radical (unpaired) electrons. The number of carbonyl (C=O) groups excluding carboxylic acids is 1. The van der Waals surface area contributed by atoms with Crippen LogP contribution in [0.1, 0.15) is 48.6 Å². The van der Waals surface area contributed by atoms with E-state index in [1.54, 1.807) is 0 Å². The molecule has 1 amide bonds. The first-order valence-corrected chi connectivity index (χ1v) is 10.9. The van der Waals surface area contributed by atoms with Crippen LogP contribution in [0.5, 0.6) is 0 Å². The predicted octanol–water partition coefficient (Wildman–Crippen LogP) is 4.66. The Morgan fingerprint density at radius 3 is 2.52 bits per heavy atom. The molecule has 7 heteroatoms. The van der Waals surface area contributed by atoms with E-state index in [-0.39, 0.29) is 18.0 Å². The van der Waals surface area contributed by atoms with Crippen molar-refractivity contribution in [2.75, 3.05) is 10.2 Å². The molecule has 31 heavy (non-hydrogen) atoms. The van der Waals surface area contributed by atoms with Gasteiger partial charge in [-0.1, -0.05) is 6.07 Å². The normalized spacial score (nSPS) is 18.2. The molecule has 2 aromatic heterocycles. The first-order chi connectivity index (χ1) is 14.9. The second-order valence-electron chi connectivity index (χ2n) is 7.80. The van der Waals surface area contributed by atoms with E-state index >= 15 is 0 Å². The highest BCUT2D eigenvalue weighted by molar-refractivity contribution is 7.80. The Balaban J connectivity index is 1.81. The number of nitrogens with one attached hydrogen (secondary N) is 2. The minimum absolute atomic E-state index is 0.0412. The standard InChI is InChI=1S/C24H27N5OS/c1-5-28-15(2)14-20(16(28)3)23-22(21-8-6-7-13-25-21)27-24(31)29(23)19-11-9-18(10-12-19)26-17(4)30/h6-14,22-23H,5H2,1-4H3,(H,26,30)(H,27,31)/t22-,23+/m0/s1. The molecule has 0 spiro atoms. The van der Waals surface area contributed by atoms with Crippen LogP contribution in [0.4, 0.5) is 11.4 Å². The molecule has 6 nitrogen and oxygen atoms in total. The van der Waals surface area contributed by atoms with Gasteiger partial charge >= 0.3 is 0 Å². The predicted molar refractivity (Wildman–Crippen MR) is 128 cm³/mol. The average molecular weight is 434 g/mol. The van der Waals surface area contributed by atoms with E-state index in [0.717, 1.165) is 23.6 Å². The number of anilines is 2. The lowest BCUT2D eigenvalue weighted by Crippen LogP contribution is -2.29. The molecule has 3 heterocycles. The van der Waals surface area contributed by atoms with Gasteiger partial charge in [-0.25, -0.2) is 0 Å². The van der Waals surface area contributed by atoms with Crippen LogP contribution in [0, 0.1) is 13.8 Å². The van der Waals surface area contributed by atoms with Gasteiger partial charge in [0.1, 0.15) is 0 Å². The van der Waals surface area contributed by atoms with Crippen molar-refractivity contribution in [2.45, 2.75) is 46.3 Å². The quantitative estimate of drug-likeness (QED) is 0.573. The summed E-state index contributed by atoms with van der Waals surface area (Å²) in [5, 5.41) is 6.98. The summed E-state index contributed by atoms with van der Waals surface area (Å²) in [6.45, 7) is 8.90. The molecule has 0 aliphatic carbocycles. The molecule has 1 aliphatic rings. The molecule has 0 bridgehead atoms. The van der Waals surface area contributed by atoms with Crippen LogP contribution in [0.2, 0.25) is 0 Å². The number of nitrogens with zero attached hydrogens (tertiary/aromatic N) is 3. The summed E-state index contributed by atoms with van der Waals surface area (Å²) in [7, 11) is 0. The van der Waals surface area contributed by atoms with Gasteiger partial charge < -0.3 is 20.1 Å². The molecular weight excluding hydrogens is 406 g/mol. The van der Waals surface area contributed by atoms with Crippen molar-refractivity contribution in [1.82, 2.24) is 14.9 Å². The fourth-order valence-electron chi connectivity index (χ4n) is 4.47. The number of thiocarbonyl (C=S) groups is 1. The van der Waals surface area contributed by atoms with E-state index in [2.05, 4.69) is 51.9 Å². The van der Waals surface area contributed by atoms with Crippen LogP contribution >= 0.6 is 12.2 Å². The molecule has 1 aromatic carbocycles. The molecule has 1 aliphatic heterocycles. The van der Waals surface area contributed by atoms with Crippen LogP contribution < -0.4 is 15.5 Å². The van der Waals surface area contributed by atoms with Gasteiger partial charge in [-0.3, -0.25) is 9.78 Å². The van der Waals surface area contributed by atoms with E-state index in [0.29, 0.717) is 5.11 Å². The van der Waals surface area contributed by atoms with Gasteiger partial charge in [-0.05, 0) is 81.0 Å². The smallest absolute Gasteiger partial charge is 0.221 e. The van der Waals surface area contributed by atoms with Gasteiger partial charge in [0.15, 0.2) is 5.11 Å². The third kappa shape index (κ3) is 3.93. The zero-order chi connectivity index (χ0) is 22.1. The number of rotatable bonds is 5. The van der Waals surface area contributed by atoms with Crippen molar-refractivity contribution >= 4 is 34.6 Å². The lowest BCUT2D eigenvalue weighted by Gasteiger charge is -2.28. The van der Waals surface area contributed by atoms with Crippen LogP contribution in [-0.4, -0.2) is 20.6 Å². The van der Waals surface area contributed by atoms with Gasteiger partial charge in [0, 0.05) is 42.4 Å². The zero-order valence-corrected chi connectivity index (χ0v) is 19.0. The summed E-state index contributed by atoms with van der Waals surface area (Å²) >= 11 is 5.80. The molecule has 0 unspecified atom stereocenters. The summed E-state index contributed by atoms with van der Waals surface area (Å²) < 4.78 is 2.32. The van der Waals surface area contributed by atoms with Crippen molar-refractivity contribution in [2.24, 2.45) is 0 Å². The van der Waals surface area contributed by atoms with E-state index in [4.69, 9.17) is 12.2 Å². The topological polar surface area (TPSA) is 62.2 Å². The van der Waals surface area contributed by atoms with E-state index < -0.39 is 0 Å². The molecule has 4 rings (SSSR count). The second kappa shape index (κ2) is 8.51. The number of amides is 1. The molecule has 1 fully saturated rings. The number of aryl methyl sites for hydroxylation is 1. The maximum Gasteiger partial charge on any atom is 0.221 e. The summed E-state index contributed by atoms with van der Waals surface area (Å²) in [5.74, 6) is -0.0915. The fourth-order valence-corrected chi connectivity index (χ4v) is 4.82. The first kappa shape index (κ1) is 21.1. The van der Waals surface area contributed by atoms with E-state index in [9.17, 15) is 4.79 Å². The summed E-state index contributed by atoms with van der Waals surface area (Å²) in [5.41, 5.74) is 6.38. The van der Waals surface area contributed by atoms with Crippen LogP contribution in [0.15, 0.2) is 54.7 Å². The maximum atomic E-state index is 11.4. The van der Waals surface area contributed by atoms with Gasteiger partial charge in [-0.15, -0.1) is 0 Å². The molecule has 2 atom stereocenters. The Labute approximate surface area is 188 Å². The highest BCUT2D eigenvalue weighted by atomic mass is 32.1. The maximum absolute atomic E-state index is 11.4. The fraction of sp³-hybridized carbons (Fsp3) is 0.292. The number of carbonyl (C=O) groups is 1. The van der Waals surface area contributed by atoms with Crippen LogP contribution in [0.3, 0.4) is 0 Å². The van der Waals surface area contributed by atoms with Crippen molar-refractivity contribution in [3.8, 4) is 0 Å². The van der Waals surface area contributed by atoms with E-state index in [1.165, 1.54) is 23.9 Å². The average Bonchev–Trinajstić information content (AvgIpc) is 3.24. The van der Waals surface area contributed by atoms with Crippen LogP contribution in [0.25, 0.3) is 0 Å². The largest absolute Gasteiger partial charge is 0.351 e. The van der Waals surface area contributed by atoms with Gasteiger partial charge in [-0.2, -0.15) is 0 Å². The van der Waals surface area contributed by atoms with Gasteiger partial charge in [0.2, 0.25) is 5.91 Å². The molecular formula is C24H27N5OS. The third-order valence-electron chi connectivity index (χ3n) is 5.81. The monoisotopic (exact) mass is 433 g/mol. The number of hydrogen-bond acceptors (Lipinski definition) is 3. The highest BCUT2D eigenvalue weighted by Gasteiger charge is 2.42. The summed E-state index contributed by atoms with van der Waals surface area (Å²) in [6.07, 6.45) is 1.82. The minimum atomic E-state index is -0.0915. The van der Waals surface area contributed by atoms with Crippen molar-refractivity contribution in [1.29, 1.82) is 0 Å². The van der Waals surface area contributed by atoms with Crippen molar-refractivity contribution in [3.63, 3.8) is 0 Å². The number of benzene rings is 1. The Morgan fingerprint density at radius 2 is 1.94 bits per heavy atom. The molecule has 1 saturated heterocycles. The van der Waals surface area contributed by atoms with Crippen molar-refractivity contribution in [3.05, 3.63) is 77.4 Å². The van der Waals surface area contributed by atoms with Crippen molar-refractivity contribution < 1.29 is 4.79 Å². The third-order valence-corrected chi connectivity index (χ3v) is 6.13. The summed E-state index contributed by atoms with van der Waals surface area (Å²) in [4.78, 5) is 18.2. The molecule has 160 valence electrons. The van der Waals surface area contributed by atoms with Gasteiger partial charge in [0.25, 0.3) is 0 Å². The second-order valence-corrected chi connectivity index (χ2v) is 8.18. The SMILES string of the molecule is CCn1c(C)cc([C@@H]2[C@H](c3ccccn3)NC(=S)N2c2ccc(NC(C)=O)cc2)c1C. The lowest BCUT2D eigenvalue weighted by atomic mass is 9.96. The van der Waals surface area contributed by atoms with Crippen LogP contribution in [-0.2, 0) is 11.3 Å². The number of hydrogen-bond donors (Lipinski definition) is 2. The lowest BCUT2D eigenvalue weighted by molar-refractivity contribution is -0.114. The molecule has 2 N–H and O–H groups in total. The Morgan fingerprint density at radius 1 is 1.19 bits per heavy atom. The van der Waals surface area contributed by atoms with Gasteiger partial charge in [0.05, 0.1) is 17.8 Å².